The van der Waals surface area contributed by atoms with E-state index in [0.717, 1.165) is 58.5 Å². The van der Waals surface area contributed by atoms with Gasteiger partial charge in [-0.1, -0.05) is 30.3 Å². The summed E-state index contributed by atoms with van der Waals surface area (Å²) in [6.45, 7) is 2.00. The van der Waals surface area contributed by atoms with Crippen LogP contribution < -0.4 is 9.88 Å². The van der Waals surface area contributed by atoms with E-state index in [9.17, 15) is 18.8 Å². The van der Waals surface area contributed by atoms with Crippen molar-refractivity contribution in [3.05, 3.63) is 99.9 Å². The van der Waals surface area contributed by atoms with Gasteiger partial charge in [-0.05, 0) is 84.7 Å². The summed E-state index contributed by atoms with van der Waals surface area (Å²) in [4.78, 5) is 15.9. The Hall–Kier alpha value is -4.03. The molecule has 43 heavy (non-hydrogen) atoms. The molecular formula is C32H29FN4O4S2. The molecule has 1 atom stereocenters. The van der Waals surface area contributed by atoms with E-state index in [1.54, 1.807) is 17.9 Å². The third-order valence-corrected chi connectivity index (χ3v) is 9.20. The Kier molecular flexibility index (Phi) is 8.06. The number of aromatic nitrogens is 3. The molecule has 11 heteroatoms. The fraction of sp³-hybridized carbons (Fsp3) is 0.219. The molecular weight excluding hydrogens is 588 g/mol. The molecule has 3 N–H and O–H groups in total. The van der Waals surface area contributed by atoms with Crippen molar-refractivity contribution >= 4 is 28.7 Å². The number of hydrogen-bond acceptors (Lipinski definition) is 7. The van der Waals surface area contributed by atoms with Crippen LogP contribution in [0.15, 0.2) is 70.9 Å². The maximum Gasteiger partial charge on any atom is 0.355 e. The number of carbonyl (C=O) groups is 1. The largest absolute Gasteiger partial charge is 0.593 e. The van der Waals surface area contributed by atoms with Crippen LogP contribution in [0.2, 0.25) is 0 Å². The van der Waals surface area contributed by atoms with E-state index in [4.69, 9.17) is 15.0 Å². The van der Waals surface area contributed by atoms with E-state index >= 15 is 0 Å². The van der Waals surface area contributed by atoms with E-state index < -0.39 is 23.1 Å². The van der Waals surface area contributed by atoms with Gasteiger partial charge >= 0.3 is 5.97 Å². The minimum Gasteiger partial charge on any atom is -0.593 e. The van der Waals surface area contributed by atoms with Crippen LogP contribution in [0.4, 0.5) is 4.39 Å². The monoisotopic (exact) mass is 616 g/mol. The van der Waals surface area contributed by atoms with Gasteiger partial charge in [0.2, 0.25) is 10.0 Å². The number of aryl methyl sites for hydroxylation is 1. The predicted molar refractivity (Wildman–Crippen MR) is 165 cm³/mol. The van der Waals surface area contributed by atoms with Crippen molar-refractivity contribution in [2.45, 2.75) is 37.5 Å². The smallest absolute Gasteiger partial charge is 0.355 e. The Morgan fingerprint density at radius 1 is 1.16 bits per heavy atom. The van der Waals surface area contributed by atoms with E-state index in [1.807, 2.05) is 37.3 Å². The summed E-state index contributed by atoms with van der Waals surface area (Å²) in [6.07, 6.45) is 3.27. The maximum absolute atomic E-state index is 14.9. The molecule has 8 nitrogen and oxygen atoms in total. The predicted octanol–water partition coefficient (Wildman–Crippen LogP) is 6.34. The van der Waals surface area contributed by atoms with Gasteiger partial charge in [-0.15, -0.1) is 16.5 Å². The zero-order chi connectivity index (χ0) is 30.2. The van der Waals surface area contributed by atoms with Crippen molar-refractivity contribution in [2.75, 3.05) is 7.11 Å². The first-order valence-electron chi connectivity index (χ1n) is 13.7. The number of rotatable bonds is 10. The normalized spacial score (nSPS) is 13.7. The molecule has 0 spiro atoms. The number of carboxylic acids is 1. The SMILES string of the molecule is COc1ccc(-c2cccc(-c3nn(-c4nc(C(=O)O)cs4)c(CC4CC4)c3Cc3ccc([S+](N)[O-])c(F)c3)c2)cc1C. The highest BCUT2D eigenvalue weighted by Gasteiger charge is 2.29. The second-order valence-corrected chi connectivity index (χ2v) is 12.5. The van der Waals surface area contributed by atoms with Gasteiger partial charge in [-0.2, -0.15) is 5.10 Å². The third kappa shape index (κ3) is 6.07. The van der Waals surface area contributed by atoms with Gasteiger partial charge in [0.15, 0.2) is 11.5 Å². The first kappa shape index (κ1) is 29.1. The maximum atomic E-state index is 14.9. The van der Waals surface area contributed by atoms with Gasteiger partial charge in [0.25, 0.3) is 0 Å². The number of benzene rings is 3. The van der Waals surface area contributed by atoms with Crippen molar-refractivity contribution in [1.29, 1.82) is 0 Å². The Bertz CT molecular complexity index is 1830. The summed E-state index contributed by atoms with van der Waals surface area (Å²) < 4.78 is 33.8. The highest BCUT2D eigenvalue weighted by Crippen LogP contribution is 2.39. The number of nitrogens with two attached hydrogens (primary N) is 1. The van der Waals surface area contributed by atoms with Crippen LogP contribution in [0.25, 0.3) is 27.5 Å². The van der Waals surface area contributed by atoms with Crippen LogP contribution in [-0.2, 0) is 24.2 Å². The lowest BCUT2D eigenvalue weighted by Gasteiger charge is -2.11. The summed E-state index contributed by atoms with van der Waals surface area (Å²) in [7, 11) is 1.65. The molecule has 0 bridgehead atoms. The average Bonchev–Trinajstić information content (AvgIpc) is 3.54. The first-order valence-corrected chi connectivity index (χ1v) is 15.8. The summed E-state index contributed by atoms with van der Waals surface area (Å²) in [6, 6.07) is 18.7. The quantitative estimate of drug-likeness (QED) is 0.175. The molecule has 1 unspecified atom stereocenters. The number of ether oxygens (including phenoxy) is 1. The minimum absolute atomic E-state index is 0.0414. The average molecular weight is 617 g/mol. The van der Waals surface area contributed by atoms with Gasteiger partial charge in [0, 0.05) is 22.9 Å². The highest BCUT2D eigenvalue weighted by atomic mass is 32.2. The van der Waals surface area contributed by atoms with Gasteiger partial charge in [0.05, 0.1) is 29.9 Å². The molecule has 0 aliphatic heterocycles. The molecule has 2 aromatic heterocycles. The number of methoxy groups -OCH3 is 1. The molecule has 0 saturated heterocycles. The lowest BCUT2D eigenvalue weighted by atomic mass is 9.95. The van der Waals surface area contributed by atoms with Crippen molar-refractivity contribution in [1.82, 2.24) is 14.8 Å². The van der Waals surface area contributed by atoms with Gasteiger partial charge in [0.1, 0.15) is 5.75 Å². The van der Waals surface area contributed by atoms with Crippen molar-refractivity contribution in [2.24, 2.45) is 11.1 Å². The van der Waals surface area contributed by atoms with Crippen LogP contribution in [0.1, 0.15) is 45.7 Å². The fourth-order valence-corrected chi connectivity index (χ4v) is 6.48. The zero-order valence-electron chi connectivity index (χ0n) is 23.5. The highest BCUT2D eigenvalue weighted by molar-refractivity contribution is 7.89. The summed E-state index contributed by atoms with van der Waals surface area (Å²) in [5.74, 6) is -0.437. The summed E-state index contributed by atoms with van der Waals surface area (Å²) in [5, 5.41) is 22.0. The number of thiazole rings is 1. The summed E-state index contributed by atoms with van der Waals surface area (Å²) >= 11 is -0.717. The van der Waals surface area contributed by atoms with Gasteiger partial charge in [-0.3, -0.25) is 0 Å². The Morgan fingerprint density at radius 3 is 2.58 bits per heavy atom. The fourth-order valence-electron chi connectivity index (χ4n) is 5.25. The first-order chi connectivity index (χ1) is 20.7. The molecule has 1 saturated carbocycles. The molecule has 1 fully saturated rings. The van der Waals surface area contributed by atoms with Crippen LogP contribution in [0.5, 0.6) is 5.75 Å². The molecule has 2 heterocycles. The van der Waals surface area contributed by atoms with Gasteiger partial charge < -0.3 is 14.4 Å². The minimum atomic E-state index is -1.93. The number of aromatic carboxylic acids is 1. The van der Waals surface area contributed by atoms with E-state index in [0.29, 0.717) is 28.7 Å². The Morgan fingerprint density at radius 2 is 1.93 bits per heavy atom. The number of hydrogen-bond donors (Lipinski definition) is 2. The van der Waals surface area contributed by atoms with Crippen molar-refractivity contribution in [3.8, 4) is 33.3 Å². The van der Waals surface area contributed by atoms with Gasteiger partial charge in [-0.25, -0.2) is 18.9 Å². The zero-order valence-corrected chi connectivity index (χ0v) is 25.2. The molecule has 0 radical (unpaired) electrons. The van der Waals surface area contributed by atoms with E-state index in [-0.39, 0.29) is 10.6 Å². The van der Waals surface area contributed by atoms with Crippen molar-refractivity contribution < 1.29 is 23.6 Å². The Balaban J connectivity index is 1.51. The second kappa shape index (κ2) is 11.9. The molecule has 220 valence electrons. The Labute approximate surface area is 255 Å². The molecule has 1 aliphatic carbocycles. The topological polar surface area (TPSA) is 126 Å². The molecule has 6 rings (SSSR count). The second-order valence-electron chi connectivity index (χ2n) is 10.7. The van der Waals surface area contributed by atoms with Crippen LogP contribution >= 0.6 is 11.3 Å². The van der Waals surface area contributed by atoms with Crippen LogP contribution in [0, 0.1) is 18.7 Å². The number of nitrogens with zero attached hydrogens (tertiary/aromatic N) is 3. The lowest BCUT2D eigenvalue weighted by Crippen LogP contribution is -2.14. The third-order valence-electron chi connectivity index (χ3n) is 7.62. The number of halogens is 1. The number of carboxylic acid groups (broad SMARTS) is 1. The van der Waals surface area contributed by atoms with Crippen LogP contribution in [0.3, 0.4) is 0 Å². The molecule has 5 aromatic rings. The summed E-state index contributed by atoms with van der Waals surface area (Å²) in [5.41, 5.74) is 7.08. The molecule has 0 amide bonds. The van der Waals surface area contributed by atoms with E-state index in [1.165, 1.54) is 28.8 Å². The lowest BCUT2D eigenvalue weighted by molar-refractivity contribution is 0.0691. The van der Waals surface area contributed by atoms with Crippen LogP contribution in [-0.4, -0.2) is 37.5 Å². The van der Waals surface area contributed by atoms with E-state index in [2.05, 4.69) is 17.1 Å². The van der Waals surface area contributed by atoms with Crippen molar-refractivity contribution in [3.63, 3.8) is 0 Å². The molecule has 1 aliphatic rings. The molecule has 3 aromatic carbocycles. The standard InChI is InChI=1S/C32H29FN4O4S2/c1-18-12-22(9-10-28(18)41-2)21-4-3-5-23(16-21)30-24(13-20-8-11-29(43(34)40)25(33)14-20)27(15-19-6-7-19)37(36-30)32-35-26(17-42-32)31(38)39/h3-5,8-12,14,16-17,19H,6-7,13,15,34H2,1-2H3,(H,38,39).